The Balaban J connectivity index is 2.19. The van der Waals surface area contributed by atoms with Gasteiger partial charge in [0, 0.05) is 6.42 Å². The lowest BCUT2D eigenvalue weighted by molar-refractivity contribution is -0.147. The van der Waals surface area contributed by atoms with Gasteiger partial charge in [-0.3, -0.25) is 4.79 Å². The van der Waals surface area contributed by atoms with Crippen LogP contribution in [0.25, 0.3) is 0 Å². The van der Waals surface area contributed by atoms with Crippen molar-refractivity contribution in [1.82, 2.24) is 4.72 Å². The van der Waals surface area contributed by atoms with Gasteiger partial charge in [0.25, 0.3) is 0 Å². The molecule has 1 fully saturated rings. The van der Waals surface area contributed by atoms with Crippen molar-refractivity contribution < 1.29 is 17.9 Å². The number of hydrogen-bond donors (Lipinski definition) is 1. The van der Waals surface area contributed by atoms with Gasteiger partial charge < -0.3 is 4.74 Å². The highest BCUT2D eigenvalue weighted by molar-refractivity contribution is 7.89. The lowest BCUT2D eigenvalue weighted by Crippen LogP contribution is -2.38. The molecule has 0 spiro atoms. The highest BCUT2D eigenvalue weighted by Crippen LogP contribution is 2.26. The Hall–Kier alpha value is -1.40. The summed E-state index contributed by atoms with van der Waals surface area (Å²) in [5, 5.41) is 0. The molecule has 6 heteroatoms. The molecule has 0 aliphatic carbocycles. The van der Waals surface area contributed by atoms with E-state index in [-0.39, 0.29) is 4.90 Å². The smallest absolute Gasteiger partial charge is 0.324 e. The third-order valence-corrected chi connectivity index (χ3v) is 4.47. The van der Waals surface area contributed by atoms with Crippen LogP contribution in [0.15, 0.2) is 29.2 Å². The van der Waals surface area contributed by atoms with Crippen LogP contribution in [-0.2, 0) is 19.6 Å². The lowest BCUT2D eigenvalue weighted by Gasteiger charge is -2.14. The first kappa shape index (κ1) is 14.0. The fourth-order valence-corrected chi connectivity index (χ4v) is 3.21. The topological polar surface area (TPSA) is 72.5 Å². The van der Waals surface area contributed by atoms with Crippen LogP contribution in [0.2, 0.25) is 0 Å². The minimum Gasteiger partial charge on any atom is -0.458 e. The summed E-state index contributed by atoms with van der Waals surface area (Å²) in [6.07, 6.45) is 0.330. The van der Waals surface area contributed by atoms with E-state index in [1.54, 1.807) is 26.0 Å². The first-order valence-corrected chi connectivity index (χ1v) is 7.50. The quantitative estimate of drug-likeness (QED) is 0.850. The Morgan fingerprint density at radius 3 is 2.32 bits per heavy atom. The number of hydrogen-bond acceptors (Lipinski definition) is 4. The fourth-order valence-electron chi connectivity index (χ4n) is 2.02. The summed E-state index contributed by atoms with van der Waals surface area (Å²) in [6, 6.07) is 5.64. The molecule has 1 aliphatic rings. The molecule has 5 nitrogen and oxygen atoms in total. The van der Waals surface area contributed by atoms with Gasteiger partial charge >= 0.3 is 5.97 Å². The molecular weight excluding hydrogens is 266 g/mol. The van der Waals surface area contributed by atoms with Crippen LogP contribution in [0.4, 0.5) is 0 Å². The van der Waals surface area contributed by atoms with E-state index in [4.69, 9.17) is 4.74 Å². The second-order valence-electron chi connectivity index (χ2n) is 5.37. The van der Waals surface area contributed by atoms with Crippen molar-refractivity contribution in [3.8, 4) is 0 Å². The van der Waals surface area contributed by atoms with Crippen molar-refractivity contribution in [3.05, 3.63) is 29.8 Å². The Morgan fingerprint density at radius 2 is 1.84 bits per heavy atom. The normalized spacial score (nSPS) is 22.3. The van der Waals surface area contributed by atoms with Gasteiger partial charge in [0.15, 0.2) is 0 Å². The summed E-state index contributed by atoms with van der Waals surface area (Å²) < 4.78 is 31.8. The van der Waals surface area contributed by atoms with Crippen molar-refractivity contribution in [2.24, 2.45) is 0 Å². The number of aryl methyl sites for hydroxylation is 1. The molecule has 1 saturated heterocycles. The number of nitrogens with one attached hydrogen (secondary N) is 1. The van der Waals surface area contributed by atoms with Crippen molar-refractivity contribution >= 4 is 16.0 Å². The molecule has 104 valence electrons. The lowest BCUT2D eigenvalue weighted by atomic mass is 10.0. The van der Waals surface area contributed by atoms with Gasteiger partial charge in [0.05, 0.1) is 4.90 Å². The molecule has 1 aromatic rings. The Kier molecular flexibility index (Phi) is 3.40. The molecule has 1 N–H and O–H groups in total. The van der Waals surface area contributed by atoms with Crippen molar-refractivity contribution in [2.75, 3.05) is 0 Å². The van der Waals surface area contributed by atoms with Crippen LogP contribution in [0.5, 0.6) is 0 Å². The van der Waals surface area contributed by atoms with Crippen LogP contribution in [0.1, 0.15) is 25.8 Å². The first-order chi connectivity index (χ1) is 8.70. The van der Waals surface area contributed by atoms with Crippen molar-refractivity contribution in [3.63, 3.8) is 0 Å². The zero-order chi connectivity index (χ0) is 14.3. The largest absolute Gasteiger partial charge is 0.458 e. The first-order valence-electron chi connectivity index (χ1n) is 6.01. The van der Waals surface area contributed by atoms with E-state index in [9.17, 15) is 13.2 Å². The molecular formula is C13H17NO4S. The van der Waals surface area contributed by atoms with E-state index in [2.05, 4.69) is 4.72 Å². The standard InChI is InChI=1S/C13H17NO4S/c1-9-4-6-10(7-5-9)19(16,17)14-11-8-13(2,3)18-12(11)15/h4-7,11,14H,8H2,1-3H3/t11-/m0/s1. The van der Waals surface area contributed by atoms with E-state index < -0.39 is 27.6 Å². The van der Waals surface area contributed by atoms with Crippen LogP contribution in [-0.4, -0.2) is 26.0 Å². The van der Waals surface area contributed by atoms with Crippen LogP contribution in [0, 0.1) is 6.92 Å². The average molecular weight is 283 g/mol. The molecule has 1 heterocycles. The van der Waals surface area contributed by atoms with E-state index >= 15 is 0 Å². The minimum absolute atomic E-state index is 0.149. The number of sulfonamides is 1. The van der Waals surface area contributed by atoms with Crippen LogP contribution < -0.4 is 4.72 Å². The number of benzene rings is 1. The molecule has 19 heavy (non-hydrogen) atoms. The Bertz CT molecular complexity index is 590. The van der Waals surface area contributed by atoms with E-state index in [1.807, 2.05) is 6.92 Å². The van der Waals surface area contributed by atoms with E-state index in [0.717, 1.165) is 5.56 Å². The molecule has 0 aromatic heterocycles. The van der Waals surface area contributed by atoms with Gasteiger partial charge in [0.2, 0.25) is 10.0 Å². The molecule has 0 saturated carbocycles. The maximum absolute atomic E-state index is 12.1. The summed E-state index contributed by atoms with van der Waals surface area (Å²) in [6.45, 7) is 5.39. The second kappa shape index (κ2) is 4.61. The highest BCUT2D eigenvalue weighted by atomic mass is 32.2. The van der Waals surface area contributed by atoms with Gasteiger partial charge in [-0.1, -0.05) is 17.7 Å². The van der Waals surface area contributed by atoms with Crippen LogP contribution >= 0.6 is 0 Å². The van der Waals surface area contributed by atoms with E-state index in [0.29, 0.717) is 6.42 Å². The fraction of sp³-hybridized carbons (Fsp3) is 0.462. The van der Waals surface area contributed by atoms with Crippen LogP contribution in [0.3, 0.4) is 0 Å². The van der Waals surface area contributed by atoms with Gasteiger partial charge in [-0.15, -0.1) is 0 Å². The van der Waals surface area contributed by atoms with Crippen molar-refractivity contribution in [1.29, 1.82) is 0 Å². The summed E-state index contributed by atoms with van der Waals surface area (Å²) >= 11 is 0. The predicted octanol–water partition coefficient (Wildman–Crippen LogP) is 1.37. The third-order valence-electron chi connectivity index (χ3n) is 2.99. The minimum atomic E-state index is -3.69. The predicted molar refractivity (Wildman–Crippen MR) is 70.1 cm³/mol. The number of carbonyl (C=O) groups is 1. The van der Waals surface area contributed by atoms with Crippen molar-refractivity contribution in [2.45, 2.75) is 43.7 Å². The second-order valence-corrected chi connectivity index (χ2v) is 7.09. The van der Waals surface area contributed by atoms with Gasteiger partial charge in [-0.05, 0) is 32.9 Å². The summed E-state index contributed by atoms with van der Waals surface area (Å²) in [5.74, 6) is -0.527. The summed E-state index contributed by atoms with van der Waals surface area (Å²) in [5.41, 5.74) is 0.345. The average Bonchev–Trinajstić information content (AvgIpc) is 2.51. The maximum Gasteiger partial charge on any atom is 0.324 e. The molecule has 0 unspecified atom stereocenters. The molecule has 0 bridgehead atoms. The van der Waals surface area contributed by atoms with Gasteiger partial charge in [0.1, 0.15) is 11.6 Å². The summed E-state index contributed by atoms with van der Waals surface area (Å²) in [7, 11) is -3.69. The van der Waals surface area contributed by atoms with E-state index in [1.165, 1.54) is 12.1 Å². The van der Waals surface area contributed by atoms with Gasteiger partial charge in [-0.25, -0.2) is 8.42 Å². The molecule has 1 aliphatic heterocycles. The third kappa shape index (κ3) is 3.13. The van der Waals surface area contributed by atoms with Gasteiger partial charge in [-0.2, -0.15) is 4.72 Å². The SMILES string of the molecule is Cc1ccc(S(=O)(=O)N[C@H]2CC(C)(C)OC2=O)cc1. The Labute approximate surface area is 113 Å². The maximum atomic E-state index is 12.1. The Morgan fingerprint density at radius 1 is 1.26 bits per heavy atom. The monoisotopic (exact) mass is 283 g/mol. The molecule has 2 rings (SSSR count). The number of esters is 1. The number of cyclic esters (lactones) is 1. The zero-order valence-corrected chi connectivity index (χ0v) is 12.0. The number of ether oxygens (including phenoxy) is 1. The molecule has 0 amide bonds. The highest BCUT2D eigenvalue weighted by Gasteiger charge is 2.42. The number of carbonyl (C=O) groups excluding carboxylic acids is 1. The molecule has 1 aromatic carbocycles. The number of rotatable bonds is 3. The zero-order valence-electron chi connectivity index (χ0n) is 11.1. The molecule has 1 atom stereocenters. The summed E-state index contributed by atoms with van der Waals surface area (Å²) in [4.78, 5) is 11.8. The molecule has 0 radical (unpaired) electrons.